The van der Waals surface area contributed by atoms with Gasteiger partial charge >= 0.3 is 0 Å². The van der Waals surface area contributed by atoms with Crippen LogP contribution in [-0.4, -0.2) is 40.8 Å². The monoisotopic (exact) mass is 264 g/mol. The van der Waals surface area contributed by atoms with Gasteiger partial charge in [-0.25, -0.2) is 9.97 Å². The van der Waals surface area contributed by atoms with Crippen molar-refractivity contribution in [2.45, 2.75) is 45.1 Å². The molecule has 1 aliphatic rings. The Bertz CT molecular complexity index is 438. The molecule has 1 heterocycles. The number of rotatable bonds is 6. The van der Waals surface area contributed by atoms with E-state index in [-0.39, 0.29) is 0 Å². The molecule has 0 amide bonds. The SMILES string of the molecule is CCNc1cc(N(C)CC(C)(C)O)nc(C2CC2)n1. The summed E-state index contributed by atoms with van der Waals surface area (Å²) < 4.78 is 0. The van der Waals surface area contributed by atoms with Gasteiger partial charge in [0.25, 0.3) is 0 Å². The van der Waals surface area contributed by atoms with Crippen LogP contribution in [0.2, 0.25) is 0 Å². The molecule has 1 fully saturated rings. The first-order valence-electron chi connectivity index (χ1n) is 6.95. The second-order valence-corrected chi connectivity index (χ2v) is 5.94. The zero-order valence-corrected chi connectivity index (χ0v) is 12.3. The van der Waals surface area contributed by atoms with E-state index in [1.165, 1.54) is 12.8 Å². The van der Waals surface area contributed by atoms with Crippen molar-refractivity contribution in [2.24, 2.45) is 0 Å². The number of anilines is 2. The molecule has 0 aliphatic heterocycles. The van der Waals surface area contributed by atoms with E-state index in [9.17, 15) is 5.11 Å². The van der Waals surface area contributed by atoms with E-state index in [2.05, 4.69) is 22.2 Å². The van der Waals surface area contributed by atoms with Crippen LogP contribution in [0.3, 0.4) is 0 Å². The molecular weight excluding hydrogens is 240 g/mol. The molecule has 2 rings (SSSR count). The highest BCUT2D eigenvalue weighted by Gasteiger charge is 2.28. The van der Waals surface area contributed by atoms with Gasteiger partial charge < -0.3 is 15.3 Å². The highest BCUT2D eigenvalue weighted by molar-refractivity contribution is 5.49. The lowest BCUT2D eigenvalue weighted by molar-refractivity contribution is 0.0884. The number of nitrogens with zero attached hydrogens (tertiary/aromatic N) is 3. The second-order valence-electron chi connectivity index (χ2n) is 5.94. The van der Waals surface area contributed by atoms with E-state index >= 15 is 0 Å². The third-order valence-electron chi connectivity index (χ3n) is 3.05. The molecule has 19 heavy (non-hydrogen) atoms. The molecule has 2 N–H and O–H groups in total. The summed E-state index contributed by atoms with van der Waals surface area (Å²) >= 11 is 0. The van der Waals surface area contributed by atoms with E-state index < -0.39 is 5.60 Å². The summed E-state index contributed by atoms with van der Waals surface area (Å²) in [6.45, 7) is 7.05. The van der Waals surface area contributed by atoms with Gasteiger partial charge in [0.2, 0.25) is 0 Å². The van der Waals surface area contributed by atoms with Gasteiger partial charge in [0.05, 0.1) is 5.60 Å². The summed E-state index contributed by atoms with van der Waals surface area (Å²) in [6.07, 6.45) is 2.37. The normalized spacial score (nSPS) is 15.4. The molecule has 0 bridgehead atoms. The van der Waals surface area contributed by atoms with Crippen molar-refractivity contribution in [3.63, 3.8) is 0 Å². The third-order valence-corrected chi connectivity index (χ3v) is 3.05. The van der Waals surface area contributed by atoms with Crippen molar-refractivity contribution in [1.82, 2.24) is 9.97 Å². The van der Waals surface area contributed by atoms with Crippen molar-refractivity contribution < 1.29 is 5.11 Å². The van der Waals surface area contributed by atoms with Gasteiger partial charge in [-0.3, -0.25) is 0 Å². The molecule has 5 nitrogen and oxygen atoms in total. The van der Waals surface area contributed by atoms with Crippen LogP contribution in [0.15, 0.2) is 6.07 Å². The second kappa shape index (κ2) is 5.33. The molecule has 0 aromatic carbocycles. The Morgan fingerprint density at radius 2 is 2.11 bits per heavy atom. The van der Waals surface area contributed by atoms with Gasteiger partial charge in [0, 0.05) is 32.1 Å². The Balaban J connectivity index is 2.22. The van der Waals surface area contributed by atoms with Crippen molar-refractivity contribution in [1.29, 1.82) is 0 Å². The quantitative estimate of drug-likeness (QED) is 0.823. The average Bonchev–Trinajstić information content (AvgIpc) is 3.10. The minimum Gasteiger partial charge on any atom is -0.389 e. The summed E-state index contributed by atoms with van der Waals surface area (Å²) in [5.74, 6) is 3.19. The molecule has 0 atom stereocenters. The number of nitrogens with one attached hydrogen (secondary N) is 1. The maximum atomic E-state index is 9.91. The average molecular weight is 264 g/mol. The minimum absolute atomic E-state index is 0.521. The third kappa shape index (κ3) is 4.06. The van der Waals surface area contributed by atoms with Gasteiger partial charge in [0.1, 0.15) is 17.5 Å². The highest BCUT2D eigenvalue weighted by atomic mass is 16.3. The Kier molecular flexibility index (Phi) is 3.94. The van der Waals surface area contributed by atoms with Crippen molar-refractivity contribution in [3.8, 4) is 0 Å². The van der Waals surface area contributed by atoms with Crippen LogP contribution in [0, 0.1) is 0 Å². The van der Waals surface area contributed by atoms with Crippen molar-refractivity contribution >= 4 is 11.6 Å². The first-order valence-corrected chi connectivity index (χ1v) is 6.95. The highest BCUT2D eigenvalue weighted by Crippen LogP contribution is 2.39. The Hall–Kier alpha value is -1.36. The summed E-state index contributed by atoms with van der Waals surface area (Å²) in [5.41, 5.74) is -0.738. The van der Waals surface area contributed by atoms with Crippen LogP contribution in [-0.2, 0) is 0 Å². The van der Waals surface area contributed by atoms with Gasteiger partial charge in [-0.1, -0.05) is 0 Å². The molecule has 0 radical (unpaired) electrons. The maximum absolute atomic E-state index is 9.91. The molecule has 5 heteroatoms. The molecule has 0 saturated heterocycles. The summed E-state index contributed by atoms with van der Waals surface area (Å²) in [7, 11) is 1.95. The molecule has 1 aromatic heterocycles. The van der Waals surface area contributed by atoms with E-state index in [1.807, 2.05) is 18.0 Å². The number of likely N-dealkylation sites (N-methyl/N-ethyl adjacent to an activating group) is 1. The topological polar surface area (TPSA) is 61.3 Å². The molecular formula is C14H24N4O. The fourth-order valence-electron chi connectivity index (χ4n) is 2.11. The Morgan fingerprint density at radius 1 is 1.42 bits per heavy atom. The fourth-order valence-corrected chi connectivity index (χ4v) is 2.11. The smallest absolute Gasteiger partial charge is 0.136 e. The maximum Gasteiger partial charge on any atom is 0.136 e. The Labute approximate surface area is 115 Å². The first kappa shape index (κ1) is 14.1. The van der Waals surface area contributed by atoms with Crippen LogP contribution < -0.4 is 10.2 Å². The van der Waals surface area contributed by atoms with Gasteiger partial charge in [-0.15, -0.1) is 0 Å². The van der Waals surface area contributed by atoms with Crippen LogP contribution in [0.25, 0.3) is 0 Å². The van der Waals surface area contributed by atoms with E-state index in [1.54, 1.807) is 13.8 Å². The molecule has 1 saturated carbocycles. The summed E-state index contributed by atoms with van der Waals surface area (Å²) in [4.78, 5) is 11.2. The van der Waals surface area contributed by atoms with Crippen LogP contribution in [0.4, 0.5) is 11.6 Å². The van der Waals surface area contributed by atoms with E-state index in [0.29, 0.717) is 12.5 Å². The van der Waals surface area contributed by atoms with E-state index in [0.717, 1.165) is 24.0 Å². The van der Waals surface area contributed by atoms with Gasteiger partial charge in [0.15, 0.2) is 0 Å². The Morgan fingerprint density at radius 3 is 2.63 bits per heavy atom. The number of hydrogen-bond donors (Lipinski definition) is 2. The van der Waals surface area contributed by atoms with Crippen molar-refractivity contribution in [3.05, 3.63) is 11.9 Å². The lowest BCUT2D eigenvalue weighted by atomic mass is 10.1. The van der Waals surface area contributed by atoms with Crippen LogP contribution >= 0.6 is 0 Å². The predicted molar refractivity (Wildman–Crippen MR) is 77.7 cm³/mol. The molecule has 106 valence electrons. The standard InChI is InChI=1S/C14H24N4O/c1-5-15-11-8-12(18(4)9-14(2,3)19)17-13(16-11)10-6-7-10/h8,10,19H,5-7,9H2,1-4H3,(H,15,16,17). The van der Waals surface area contributed by atoms with E-state index in [4.69, 9.17) is 0 Å². The molecule has 0 spiro atoms. The number of aliphatic hydroxyl groups is 1. The zero-order chi connectivity index (χ0) is 14.0. The van der Waals surface area contributed by atoms with Crippen LogP contribution in [0.1, 0.15) is 45.4 Å². The predicted octanol–water partition coefficient (Wildman–Crippen LogP) is 1.99. The van der Waals surface area contributed by atoms with Gasteiger partial charge in [-0.2, -0.15) is 0 Å². The van der Waals surface area contributed by atoms with Gasteiger partial charge in [-0.05, 0) is 33.6 Å². The minimum atomic E-state index is -0.738. The largest absolute Gasteiger partial charge is 0.389 e. The van der Waals surface area contributed by atoms with Crippen molar-refractivity contribution in [2.75, 3.05) is 30.4 Å². The summed E-state index contributed by atoms with van der Waals surface area (Å²) in [6, 6.07) is 1.95. The molecule has 1 aliphatic carbocycles. The molecule has 1 aromatic rings. The number of hydrogen-bond acceptors (Lipinski definition) is 5. The lowest BCUT2D eigenvalue weighted by Crippen LogP contribution is -2.36. The lowest BCUT2D eigenvalue weighted by Gasteiger charge is -2.27. The number of aromatic nitrogens is 2. The fraction of sp³-hybridized carbons (Fsp3) is 0.714. The zero-order valence-electron chi connectivity index (χ0n) is 12.3. The first-order chi connectivity index (χ1) is 8.89. The summed E-state index contributed by atoms with van der Waals surface area (Å²) in [5, 5.41) is 13.2. The molecule has 0 unspecified atom stereocenters. The van der Waals surface area contributed by atoms with Crippen LogP contribution in [0.5, 0.6) is 0 Å².